The first-order valence-corrected chi connectivity index (χ1v) is 11.9. The Morgan fingerprint density at radius 1 is 0.861 bits per heavy atom. The summed E-state index contributed by atoms with van der Waals surface area (Å²) < 4.78 is 3.11. The first-order valence-electron chi connectivity index (χ1n) is 11.9. The second kappa shape index (κ2) is 10.00. The second-order valence-electron chi connectivity index (χ2n) is 8.89. The minimum atomic E-state index is -0.224. The summed E-state index contributed by atoms with van der Waals surface area (Å²) in [5.74, 6) is 0.625. The van der Waals surface area contributed by atoms with Crippen LogP contribution in [0.4, 0.5) is 0 Å². The maximum atomic E-state index is 13.5. The number of carbonyl (C=O) groups is 1. The molecule has 7 nitrogen and oxygen atoms in total. The van der Waals surface area contributed by atoms with E-state index >= 15 is 0 Å². The summed E-state index contributed by atoms with van der Waals surface area (Å²) in [6.07, 6.45) is 0.437. The number of hydrogen-bond acceptors (Lipinski definition) is 4. The van der Waals surface area contributed by atoms with Crippen LogP contribution < -0.4 is 10.9 Å². The molecule has 0 spiro atoms. The lowest BCUT2D eigenvalue weighted by Gasteiger charge is -2.15. The highest BCUT2D eigenvalue weighted by Gasteiger charge is 2.20. The van der Waals surface area contributed by atoms with Crippen LogP contribution >= 0.6 is 0 Å². The van der Waals surface area contributed by atoms with Gasteiger partial charge in [-0.15, -0.1) is 5.10 Å². The van der Waals surface area contributed by atoms with Crippen LogP contribution in [-0.2, 0) is 24.3 Å². The quantitative estimate of drug-likeness (QED) is 0.383. The van der Waals surface area contributed by atoms with Gasteiger partial charge >= 0.3 is 0 Å². The molecule has 5 aromatic rings. The molecule has 0 bridgehead atoms. The lowest BCUT2D eigenvalue weighted by atomic mass is 10.0. The predicted molar refractivity (Wildman–Crippen MR) is 140 cm³/mol. The van der Waals surface area contributed by atoms with Gasteiger partial charge in [-0.3, -0.25) is 9.59 Å². The number of aromatic nitrogens is 4. The summed E-state index contributed by atoms with van der Waals surface area (Å²) in [7, 11) is 0. The van der Waals surface area contributed by atoms with Crippen LogP contribution in [-0.4, -0.2) is 25.1 Å². The molecule has 0 radical (unpaired) electrons. The number of hydrogen-bond donors (Lipinski definition) is 1. The van der Waals surface area contributed by atoms with Gasteiger partial charge in [-0.25, -0.2) is 0 Å². The van der Waals surface area contributed by atoms with E-state index in [1.165, 1.54) is 4.52 Å². The van der Waals surface area contributed by atoms with Gasteiger partial charge in [0.2, 0.25) is 11.7 Å². The van der Waals surface area contributed by atoms with E-state index in [1.807, 2.05) is 98.8 Å². The van der Waals surface area contributed by atoms with Gasteiger partial charge in [-0.1, -0.05) is 90.5 Å². The predicted octanol–water partition coefficient (Wildman–Crippen LogP) is 4.08. The van der Waals surface area contributed by atoms with Crippen molar-refractivity contribution in [2.75, 3.05) is 0 Å². The number of nitrogens with zero attached hydrogens (tertiary/aromatic N) is 4. The summed E-state index contributed by atoms with van der Waals surface area (Å²) in [6.45, 7) is 4.33. The van der Waals surface area contributed by atoms with Gasteiger partial charge in [0.05, 0.1) is 0 Å². The van der Waals surface area contributed by atoms with Crippen molar-refractivity contribution in [3.05, 3.63) is 123 Å². The number of benzene rings is 3. The molecule has 1 amide bonds. The normalized spacial score (nSPS) is 11.1. The number of rotatable bonds is 7. The topological polar surface area (TPSA) is 81.3 Å². The number of aryl methyl sites for hydroxylation is 1. The van der Waals surface area contributed by atoms with E-state index in [0.717, 1.165) is 22.3 Å². The SMILES string of the molecule is Cc1ccc(-c2nc3n(CC(=O)NCc4ccccc4)c(C)c(Cc4ccccc4)c(=O)n3n2)cc1. The first kappa shape index (κ1) is 23.2. The molecular weight excluding hydrogens is 450 g/mol. The Balaban J connectivity index is 1.56. The van der Waals surface area contributed by atoms with E-state index < -0.39 is 0 Å². The van der Waals surface area contributed by atoms with Gasteiger partial charge < -0.3 is 9.88 Å². The lowest BCUT2D eigenvalue weighted by Crippen LogP contribution is -2.32. The van der Waals surface area contributed by atoms with Gasteiger partial charge in [0, 0.05) is 29.8 Å². The van der Waals surface area contributed by atoms with Crippen LogP contribution in [0.5, 0.6) is 0 Å². The van der Waals surface area contributed by atoms with Crippen molar-refractivity contribution in [2.45, 2.75) is 33.4 Å². The Kier molecular flexibility index (Phi) is 6.45. The highest BCUT2D eigenvalue weighted by atomic mass is 16.2. The molecule has 5 rings (SSSR count). The molecule has 0 aliphatic carbocycles. The van der Waals surface area contributed by atoms with E-state index in [1.54, 1.807) is 4.57 Å². The van der Waals surface area contributed by atoms with Gasteiger partial charge in [-0.2, -0.15) is 9.50 Å². The van der Waals surface area contributed by atoms with Crippen LogP contribution in [0.3, 0.4) is 0 Å². The summed E-state index contributed by atoms with van der Waals surface area (Å²) >= 11 is 0. The molecule has 3 aromatic carbocycles. The van der Waals surface area contributed by atoms with Crippen LogP contribution in [0.15, 0.2) is 89.7 Å². The molecule has 2 heterocycles. The molecule has 0 atom stereocenters. The lowest BCUT2D eigenvalue weighted by molar-refractivity contribution is -0.121. The Morgan fingerprint density at radius 3 is 2.17 bits per heavy atom. The van der Waals surface area contributed by atoms with E-state index in [9.17, 15) is 9.59 Å². The van der Waals surface area contributed by atoms with Crippen molar-refractivity contribution < 1.29 is 4.79 Å². The van der Waals surface area contributed by atoms with E-state index in [-0.39, 0.29) is 18.0 Å². The number of fused-ring (bicyclic) bond motifs is 1. The zero-order valence-corrected chi connectivity index (χ0v) is 20.3. The maximum absolute atomic E-state index is 13.5. The first-order chi connectivity index (χ1) is 17.5. The molecule has 0 aliphatic heterocycles. The molecule has 0 saturated heterocycles. The molecule has 180 valence electrons. The van der Waals surface area contributed by atoms with E-state index in [4.69, 9.17) is 0 Å². The fraction of sp³-hybridized carbons (Fsp3) is 0.172. The summed E-state index contributed by atoms with van der Waals surface area (Å²) in [5.41, 5.74) is 5.03. The summed E-state index contributed by atoms with van der Waals surface area (Å²) in [4.78, 5) is 31.2. The molecule has 0 unspecified atom stereocenters. The van der Waals surface area contributed by atoms with Gasteiger partial charge in [0.1, 0.15) is 6.54 Å². The van der Waals surface area contributed by atoms with E-state index in [2.05, 4.69) is 15.4 Å². The van der Waals surface area contributed by atoms with Crippen molar-refractivity contribution in [3.8, 4) is 11.4 Å². The third kappa shape index (κ3) is 4.81. The third-order valence-electron chi connectivity index (χ3n) is 6.29. The molecule has 2 aromatic heterocycles. The molecule has 0 aliphatic rings. The third-order valence-corrected chi connectivity index (χ3v) is 6.29. The minimum Gasteiger partial charge on any atom is -0.350 e. The van der Waals surface area contributed by atoms with Crippen molar-refractivity contribution in [1.82, 2.24) is 24.5 Å². The summed E-state index contributed by atoms with van der Waals surface area (Å²) in [6, 6.07) is 27.4. The van der Waals surface area contributed by atoms with Crippen molar-refractivity contribution in [1.29, 1.82) is 0 Å². The molecule has 36 heavy (non-hydrogen) atoms. The molecule has 0 fully saturated rings. The van der Waals surface area contributed by atoms with E-state index in [0.29, 0.717) is 35.8 Å². The van der Waals surface area contributed by atoms with Gasteiger partial charge in [-0.05, 0) is 25.0 Å². The standard InChI is InChI=1S/C29H27N5O2/c1-20-13-15-24(16-14-20)27-31-29-33(19-26(35)30-18-23-11-7-4-8-12-23)21(2)25(28(36)34(29)32-27)17-22-9-5-3-6-10-22/h3-16H,17-19H2,1-2H3,(H,30,35). The summed E-state index contributed by atoms with van der Waals surface area (Å²) in [5, 5.41) is 7.53. The average Bonchev–Trinajstić information content (AvgIpc) is 3.35. The largest absolute Gasteiger partial charge is 0.350 e. The minimum absolute atomic E-state index is 0.0241. The fourth-order valence-corrected chi connectivity index (χ4v) is 4.22. The smallest absolute Gasteiger partial charge is 0.279 e. The van der Waals surface area contributed by atoms with Crippen LogP contribution in [0.2, 0.25) is 0 Å². The molecule has 7 heteroatoms. The number of amides is 1. The number of nitrogens with one attached hydrogen (secondary N) is 1. The van der Waals surface area contributed by atoms with Crippen molar-refractivity contribution in [2.24, 2.45) is 0 Å². The Hall–Kier alpha value is -4.52. The maximum Gasteiger partial charge on any atom is 0.279 e. The van der Waals surface area contributed by atoms with Crippen molar-refractivity contribution >= 4 is 11.7 Å². The van der Waals surface area contributed by atoms with Crippen LogP contribution in [0.25, 0.3) is 17.2 Å². The fourth-order valence-electron chi connectivity index (χ4n) is 4.22. The van der Waals surface area contributed by atoms with Crippen LogP contribution in [0.1, 0.15) is 27.9 Å². The van der Waals surface area contributed by atoms with Gasteiger partial charge in [0.25, 0.3) is 5.56 Å². The molecular formula is C29H27N5O2. The monoisotopic (exact) mass is 477 g/mol. The second-order valence-corrected chi connectivity index (χ2v) is 8.89. The zero-order valence-electron chi connectivity index (χ0n) is 20.3. The highest BCUT2D eigenvalue weighted by molar-refractivity contribution is 5.76. The average molecular weight is 478 g/mol. The molecule has 1 N–H and O–H groups in total. The van der Waals surface area contributed by atoms with Crippen molar-refractivity contribution in [3.63, 3.8) is 0 Å². The Morgan fingerprint density at radius 2 is 1.50 bits per heavy atom. The van der Waals surface area contributed by atoms with Gasteiger partial charge in [0.15, 0.2) is 5.82 Å². The molecule has 0 saturated carbocycles. The highest BCUT2D eigenvalue weighted by Crippen LogP contribution is 2.19. The zero-order chi connectivity index (χ0) is 25.1. The Labute approximate surface area is 209 Å². The van der Waals surface area contributed by atoms with Crippen LogP contribution in [0, 0.1) is 13.8 Å². The number of carbonyl (C=O) groups excluding carboxylic acids is 1. The Bertz CT molecular complexity index is 1570.